The fraction of sp³-hybridized carbons (Fsp3) is 0.348. The van der Waals surface area contributed by atoms with Gasteiger partial charge in [-0.2, -0.15) is 10.2 Å². The minimum atomic E-state index is -1.11. The number of carbonyl (C=O) groups is 1. The maximum atomic E-state index is 12.7. The summed E-state index contributed by atoms with van der Waals surface area (Å²) in [4.78, 5) is 30.8. The van der Waals surface area contributed by atoms with Gasteiger partial charge in [-0.25, -0.2) is 14.5 Å². The number of H-pyrrole nitrogens is 1. The number of hydrogen-bond acceptors (Lipinski definition) is 6. The van der Waals surface area contributed by atoms with Crippen molar-refractivity contribution in [3.8, 4) is 11.7 Å². The number of carboxylic acids is 1. The number of benzene rings is 1. The molecule has 3 heterocycles. The lowest BCUT2D eigenvalue weighted by Gasteiger charge is -2.20. The predicted octanol–water partition coefficient (Wildman–Crippen LogP) is 2.66. The van der Waals surface area contributed by atoms with Crippen LogP contribution in [0.15, 0.2) is 35.5 Å². The molecule has 5 rings (SSSR count). The molecule has 0 radical (unpaired) electrons. The van der Waals surface area contributed by atoms with Crippen molar-refractivity contribution >= 4 is 17.0 Å². The average Bonchev–Trinajstić information content (AvgIpc) is 3.46. The number of fused-ring (bicyclic) bond motifs is 2. The van der Waals surface area contributed by atoms with E-state index in [1.807, 2.05) is 0 Å². The monoisotopic (exact) mass is 448 g/mol. The molecular formula is C23H24N6O4. The first-order chi connectivity index (χ1) is 16.0. The second-order valence-electron chi connectivity index (χ2n) is 8.21. The van der Waals surface area contributed by atoms with E-state index >= 15 is 0 Å². The summed E-state index contributed by atoms with van der Waals surface area (Å²) in [5.74, 6) is -0.0545. The van der Waals surface area contributed by atoms with Gasteiger partial charge in [-0.05, 0) is 55.4 Å². The molecule has 0 unspecified atom stereocenters. The van der Waals surface area contributed by atoms with Crippen LogP contribution in [0, 0.1) is 6.92 Å². The largest absolute Gasteiger partial charge is 0.493 e. The third-order valence-corrected chi connectivity index (χ3v) is 6.07. The molecule has 170 valence electrons. The van der Waals surface area contributed by atoms with E-state index in [9.17, 15) is 9.59 Å². The number of aromatic nitrogens is 6. The van der Waals surface area contributed by atoms with Gasteiger partial charge in [0.05, 0.1) is 24.6 Å². The lowest BCUT2D eigenvalue weighted by atomic mass is 9.88. The summed E-state index contributed by atoms with van der Waals surface area (Å²) in [7, 11) is 0. The molecule has 0 aliphatic heterocycles. The van der Waals surface area contributed by atoms with Crippen LogP contribution < -0.4 is 10.3 Å². The van der Waals surface area contributed by atoms with Crippen molar-refractivity contribution in [1.29, 1.82) is 0 Å². The quantitative estimate of drug-likeness (QED) is 0.416. The van der Waals surface area contributed by atoms with Gasteiger partial charge >= 0.3 is 5.97 Å². The summed E-state index contributed by atoms with van der Waals surface area (Å²) >= 11 is 0. The Labute approximate surface area is 188 Å². The number of nitrogens with one attached hydrogen (secondary N) is 1. The zero-order valence-corrected chi connectivity index (χ0v) is 18.2. The standard InChI is InChI=1S/C23H24N6O4/c1-14-17-6-3-2-5-15(17)7-8-19(14)33-10-4-9-28-20-18(12-25-28)26-23(27-21(20)30)29-13-16(11-24-29)22(31)32/h7-8,11-13H,2-6,9-10H2,1H3,(H,31,32)(H,26,27,30). The Morgan fingerprint density at radius 2 is 2.06 bits per heavy atom. The third-order valence-electron chi connectivity index (χ3n) is 6.07. The van der Waals surface area contributed by atoms with Crippen molar-refractivity contribution < 1.29 is 14.6 Å². The second-order valence-corrected chi connectivity index (χ2v) is 8.21. The van der Waals surface area contributed by atoms with E-state index in [0.717, 1.165) is 18.6 Å². The molecule has 2 N–H and O–H groups in total. The van der Waals surface area contributed by atoms with Crippen molar-refractivity contribution in [3.63, 3.8) is 0 Å². The highest BCUT2D eigenvalue weighted by molar-refractivity contribution is 5.87. The van der Waals surface area contributed by atoms with Gasteiger partial charge in [-0.15, -0.1) is 0 Å². The number of rotatable bonds is 7. The van der Waals surface area contributed by atoms with E-state index in [1.54, 1.807) is 4.68 Å². The smallest absolute Gasteiger partial charge is 0.338 e. The molecule has 4 aromatic rings. The predicted molar refractivity (Wildman–Crippen MR) is 120 cm³/mol. The highest BCUT2D eigenvalue weighted by Gasteiger charge is 2.16. The Morgan fingerprint density at radius 1 is 1.21 bits per heavy atom. The van der Waals surface area contributed by atoms with Crippen LogP contribution in [0.1, 0.15) is 46.3 Å². The molecule has 1 aliphatic carbocycles. The van der Waals surface area contributed by atoms with Crippen molar-refractivity contribution in [1.82, 2.24) is 29.5 Å². The Kier molecular flexibility index (Phi) is 5.41. The number of aryl methyl sites for hydroxylation is 2. The first-order valence-corrected chi connectivity index (χ1v) is 11.0. The molecule has 3 aromatic heterocycles. The molecule has 0 bridgehead atoms. The zero-order chi connectivity index (χ0) is 22.9. The molecule has 0 spiro atoms. The van der Waals surface area contributed by atoms with Crippen LogP contribution in [0.4, 0.5) is 0 Å². The first-order valence-electron chi connectivity index (χ1n) is 11.0. The van der Waals surface area contributed by atoms with Crippen molar-refractivity contribution in [2.75, 3.05) is 6.61 Å². The molecule has 0 atom stereocenters. The van der Waals surface area contributed by atoms with Gasteiger partial charge in [0.25, 0.3) is 5.56 Å². The molecule has 0 fully saturated rings. The number of aromatic amines is 1. The lowest BCUT2D eigenvalue weighted by Crippen LogP contribution is -2.17. The van der Waals surface area contributed by atoms with Crippen LogP contribution in [0.25, 0.3) is 17.0 Å². The second kappa shape index (κ2) is 8.53. The van der Waals surface area contributed by atoms with Gasteiger partial charge in [-0.3, -0.25) is 14.5 Å². The van der Waals surface area contributed by atoms with Crippen LogP contribution in [0.5, 0.6) is 5.75 Å². The zero-order valence-electron chi connectivity index (χ0n) is 18.2. The van der Waals surface area contributed by atoms with Crippen LogP contribution in [-0.2, 0) is 19.4 Å². The minimum Gasteiger partial charge on any atom is -0.493 e. The Balaban J connectivity index is 1.27. The van der Waals surface area contributed by atoms with Gasteiger partial charge in [0.1, 0.15) is 11.3 Å². The first kappa shape index (κ1) is 20.9. The van der Waals surface area contributed by atoms with Gasteiger partial charge in [-0.1, -0.05) is 6.07 Å². The van der Waals surface area contributed by atoms with Gasteiger partial charge in [0.15, 0.2) is 5.52 Å². The molecule has 0 saturated heterocycles. The number of aromatic carboxylic acids is 1. The molecule has 10 nitrogen and oxygen atoms in total. The number of hydrogen-bond donors (Lipinski definition) is 2. The Morgan fingerprint density at radius 3 is 2.88 bits per heavy atom. The van der Waals surface area contributed by atoms with Crippen LogP contribution in [-0.4, -0.2) is 47.2 Å². The minimum absolute atomic E-state index is 0.00241. The maximum absolute atomic E-state index is 12.7. The summed E-state index contributed by atoms with van der Waals surface area (Å²) in [5, 5.41) is 17.3. The van der Waals surface area contributed by atoms with E-state index in [1.165, 1.54) is 52.8 Å². The van der Waals surface area contributed by atoms with E-state index in [2.05, 4.69) is 39.2 Å². The lowest BCUT2D eigenvalue weighted by molar-refractivity contribution is 0.0697. The average molecular weight is 448 g/mol. The summed E-state index contributed by atoms with van der Waals surface area (Å²) < 4.78 is 8.87. The van der Waals surface area contributed by atoms with Crippen molar-refractivity contribution in [2.45, 2.75) is 45.6 Å². The van der Waals surface area contributed by atoms with Crippen LogP contribution in [0.2, 0.25) is 0 Å². The molecule has 33 heavy (non-hydrogen) atoms. The van der Waals surface area contributed by atoms with E-state index in [0.29, 0.717) is 30.6 Å². The fourth-order valence-corrected chi connectivity index (χ4v) is 4.36. The third kappa shape index (κ3) is 3.99. The van der Waals surface area contributed by atoms with E-state index in [-0.39, 0.29) is 17.1 Å². The normalized spacial score (nSPS) is 13.2. The molecule has 10 heteroatoms. The molecule has 1 aromatic carbocycles. The van der Waals surface area contributed by atoms with Crippen LogP contribution in [0.3, 0.4) is 0 Å². The number of carboxylic acid groups (broad SMARTS) is 1. The van der Waals surface area contributed by atoms with Crippen molar-refractivity contribution in [3.05, 3.63) is 63.3 Å². The summed E-state index contributed by atoms with van der Waals surface area (Å²) in [6, 6.07) is 4.24. The maximum Gasteiger partial charge on any atom is 0.338 e. The van der Waals surface area contributed by atoms with Crippen LogP contribution >= 0.6 is 0 Å². The number of ether oxygens (including phenoxy) is 1. The number of nitrogens with zero attached hydrogens (tertiary/aromatic N) is 5. The van der Waals surface area contributed by atoms with E-state index in [4.69, 9.17) is 9.84 Å². The highest BCUT2D eigenvalue weighted by atomic mass is 16.5. The molecule has 0 saturated carbocycles. The Hall–Kier alpha value is -3.95. The van der Waals surface area contributed by atoms with Gasteiger partial charge < -0.3 is 9.84 Å². The van der Waals surface area contributed by atoms with Gasteiger partial charge in [0.2, 0.25) is 5.95 Å². The van der Waals surface area contributed by atoms with E-state index < -0.39 is 5.97 Å². The molecule has 0 amide bonds. The SMILES string of the molecule is Cc1c(OCCCn2ncc3nc(-n4cc(C(=O)O)cn4)[nH]c(=O)c32)ccc2c1CCCC2. The Bertz CT molecular complexity index is 1400. The highest BCUT2D eigenvalue weighted by Crippen LogP contribution is 2.30. The molecule has 1 aliphatic rings. The van der Waals surface area contributed by atoms with Crippen molar-refractivity contribution in [2.24, 2.45) is 0 Å². The molecular weight excluding hydrogens is 424 g/mol. The summed E-state index contributed by atoms with van der Waals surface area (Å²) in [6.07, 6.45) is 9.43. The fourth-order valence-electron chi connectivity index (χ4n) is 4.36. The summed E-state index contributed by atoms with van der Waals surface area (Å²) in [5.41, 5.74) is 4.50. The summed E-state index contributed by atoms with van der Waals surface area (Å²) in [6.45, 7) is 3.14. The topological polar surface area (TPSA) is 128 Å². The van der Waals surface area contributed by atoms with Gasteiger partial charge in [0, 0.05) is 19.2 Å².